The molecule has 2 aromatic carbocycles. The highest BCUT2D eigenvalue weighted by Crippen LogP contribution is 2.32. The molecule has 0 saturated heterocycles. The van der Waals surface area contributed by atoms with E-state index in [0.717, 1.165) is 19.3 Å². The number of nitro benzene ring substituents is 1. The van der Waals surface area contributed by atoms with Gasteiger partial charge in [-0.15, -0.1) is 0 Å². The van der Waals surface area contributed by atoms with Gasteiger partial charge in [0.05, 0.1) is 22.0 Å². The molecule has 1 N–H and O–H groups in total. The van der Waals surface area contributed by atoms with Gasteiger partial charge in [0, 0.05) is 22.8 Å². The first kappa shape index (κ1) is 31.9. The Morgan fingerprint density at radius 1 is 1.03 bits per heavy atom. The summed E-state index contributed by atoms with van der Waals surface area (Å²) < 4.78 is 48.1. The third-order valence-electron chi connectivity index (χ3n) is 5.67. The highest BCUT2D eigenvalue weighted by Gasteiger charge is 2.30. The van der Waals surface area contributed by atoms with Crippen molar-refractivity contribution in [1.29, 1.82) is 0 Å². The minimum atomic E-state index is -4.24. The summed E-state index contributed by atoms with van der Waals surface area (Å²) in [4.78, 5) is 48.6. The van der Waals surface area contributed by atoms with Gasteiger partial charge in [-0.2, -0.15) is 8.42 Å². The van der Waals surface area contributed by atoms with Crippen molar-refractivity contribution < 1.29 is 46.5 Å². The molecule has 39 heavy (non-hydrogen) atoms. The van der Waals surface area contributed by atoms with Crippen LogP contribution < -0.4 is 4.74 Å². The third kappa shape index (κ3) is 9.18. The van der Waals surface area contributed by atoms with E-state index in [4.69, 9.17) is 18.8 Å². The number of halogens is 3. The fourth-order valence-corrected chi connectivity index (χ4v) is 6.40. The molecule has 2 aromatic rings. The zero-order chi connectivity index (χ0) is 28.9. The Morgan fingerprint density at radius 3 is 2.31 bits per heavy atom. The second-order valence-corrected chi connectivity index (χ2v) is 13.5. The first-order valence-corrected chi connectivity index (χ1v) is 16.1. The molecule has 3 rings (SSSR count). The standard InChI is InChI=1S/C23H20I3NO11S/c24-14-10-16(20(26)17(25)11-14)23(30)38-19-9-13(3-6-18(19)27(31)32)22(29)37-15-4-1-12(2-5-15)21(28)36-7-8-39(33,34)35/h3,6,9-12,15H,1-2,4-5,7-8H2,(H,33,34,35). The lowest BCUT2D eigenvalue weighted by Gasteiger charge is -2.27. The number of benzene rings is 2. The molecule has 16 heteroatoms. The molecule has 0 bridgehead atoms. The van der Waals surface area contributed by atoms with E-state index in [1.165, 1.54) is 6.07 Å². The zero-order valence-electron chi connectivity index (χ0n) is 19.8. The normalized spacial score (nSPS) is 17.2. The fourth-order valence-electron chi connectivity index (χ4n) is 3.73. The quantitative estimate of drug-likeness (QED) is 0.0698. The van der Waals surface area contributed by atoms with E-state index >= 15 is 0 Å². The van der Waals surface area contributed by atoms with Gasteiger partial charge in [0.15, 0.2) is 0 Å². The third-order valence-corrected chi connectivity index (χ3v) is 10.0. The van der Waals surface area contributed by atoms with Gasteiger partial charge in [-0.05, 0) is 112 Å². The molecule has 210 valence electrons. The topological polar surface area (TPSA) is 176 Å². The molecule has 1 aliphatic carbocycles. The highest BCUT2D eigenvalue weighted by molar-refractivity contribution is 14.1. The Balaban J connectivity index is 1.65. The summed E-state index contributed by atoms with van der Waals surface area (Å²) in [6, 6.07) is 6.80. The second kappa shape index (κ2) is 13.8. The van der Waals surface area contributed by atoms with Crippen molar-refractivity contribution >= 4 is 101 Å². The van der Waals surface area contributed by atoms with E-state index in [9.17, 15) is 32.9 Å². The lowest BCUT2D eigenvalue weighted by Crippen LogP contribution is -2.29. The van der Waals surface area contributed by atoms with Crippen LogP contribution in [0, 0.1) is 26.7 Å². The average molecular weight is 899 g/mol. The average Bonchev–Trinajstić information content (AvgIpc) is 2.85. The van der Waals surface area contributed by atoms with Gasteiger partial charge in [-0.3, -0.25) is 19.5 Å². The molecule has 0 unspecified atom stereocenters. The Bertz CT molecular complexity index is 1410. The molecule has 12 nitrogen and oxygen atoms in total. The summed E-state index contributed by atoms with van der Waals surface area (Å²) >= 11 is 6.09. The molecular formula is C23H20I3NO11S. The number of esters is 3. The summed E-state index contributed by atoms with van der Waals surface area (Å²) in [5.74, 6) is -3.78. The van der Waals surface area contributed by atoms with Crippen molar-refractivity contribution in [2.75, 3.05) is 12.4 Å². The molecule has 0 spiro atoms. The van der Waals surface area contributed by atoms with E-state index in [-0.39, 0.29) is 11.1 Å². The van der Waals surface area contributed by atoms with Crippen LogP contribution in [0.4, 0.5) is 5.69 Å². The maximum absolute atomic E-state index is 12.9. The van der Waals surface area contributed by atoms with E-state index in [2.05, 4.69) is 22.6 Å². The summed E-state index contributed by atoms with van der Waals surface area (Å²) in [5, 5.41) is 11.5. The van der Waals surface area contributed by atoms with Gasteiger partial charge in [0.2, 0.25) is 5.75 Å². The molecular weight excluding hydrogens is 879 g/mol. The number of carbonyl (C=O) groups is 3. The number of nitro groups is 1. The van der Waals surface area contributed by atoms with Crippen LogP contribution in [-0.2, 0) is 24.4 Å². The molecule has 0 atom stereocenters. The molecule has 0 heterocycles. The molecule has 1 aliphatic rings. The number of carbonyl (C=O) groups excluding carboxylic acids is 3. The van der Waals surface area contributed by atoms with E-state index < -0.39 is 68.8 Å². The Kier molecular flexibility index (Phi) is 11.3. The van der Waals surface area contributed by atoms with Crippen LogP contribution in [0.2, 0.25) is 0 Å². The SMILES string of the molecule is O=C(OC1CCC(C(=O)OCCS(=O)(=O)O)CC1)c1ccc([N+](=O)[O-])c(OC(=O)c2cc(I)cc(I)c2I)c1. The van der Waals surface area contributed by atoms with E-state index in [1.807, 2.05) is 51.2 Å². The largest absolute Gasteiger partial charge is 0.464 e. The van der Waals surface area contributed by atoms with Crippen molar-refractivity contribution in [2.24, 2.45) is 5.92 Å². The summed E-state index contributed by atoms with van der Waals surface area (Å²) in [6.45, 7) is -0.457. The number of hydrogen-bond donors (Lipinski definition) is 1. The van der Waals surface area contributed by atoms with Crippen LogP contribution in [0.5, 0.6) is 5.75 Å². The summed E-state index contributed by atoms with van der Waals surface area (Å²) in [7, 11) is -4.24. The molecule has 1 fully saturated rings. The molecule has 1 saturated carbocycles. The maximum Gasteiger partial charge on any atom is 0.344 e. The number of hydrogen-bond acceptors (Lipinski definition) is 10. The van der Waals surface area contributed by atoms with Crippen molar-refractivity contribution in [3.05, 3.63) is 62.3 Å². The van der Waals surface area contributed by atoms with Crippen LogP contribution in [0.3, 0.4) is 0 Å². The minimum absolute atomic E-state index is 0.0536. The van der Waals surface area contributed by atoms with Crippen LogP contribution in [0.25, 0.3) is 0 Å². The summed E-state index contributed by atoms with van der Waals surface area (Å²) in [6.07, 6.45) is 0.804. The van der Waals surface area contributed by atoms with Gasteiger partial charge in [0.25, 0.3) is 10.1 Å². The van der Waals surface area contributed by atoms with Crippen LogP contribution in [0.15, 0.2) is 30.3 Å². The van der Waals surface area contributed by atoms with Gasteiger partial charge in [-0.1, -0.05) is 0 Å². The van der Waals surface area contributed by atoms with Crippen molar-refractivity contribution in [1.82, 2.24) is 0 Å². The van der Waals surface area contributed by atoms with Gasteiger partial charge in [-0.25, -0.2) is 9.59 Å². The van der Waals surface area contributed by atoms with E-state index in [1.54, 1.807) is 6.07 Å². The molecule has 0 aliphatic heterocycles. The Morgan fingerprint density at radius 2 is 1.69 bits per heavy atom. The second-order valence-electron chi connectivity index (χ2n) is 8.41. The van der Waals surface area contributed by atoms with Crippen molar-refractivity contribution in [3.63, 3.8) is 0 Å². The fraction of sp³-hybridized carbons (Fsp3) is 0.348. The minimum Gasteiger partial charge on any atom is -0.464 e. The zero-order valence-corrected chi connectivity index (χ0v) is 27.1. The van der Waals surface area contributed by atoms with Gasteiger partial charge >= 0.3 is 23.6 Å². The lowest BCUT2D eigenvalue weighted by molar-refractivity contribution is -0.385. The van der Waals surface area contributed by atoms with Gasteiger partial charge in [0.1, 0.15) is 18.5 Å². The number of nitrogens with zero attached hydrogens (tertiary/aromatic N) is 1. The predicted molar refractivity (Wildman–Crippen MR) is 161 cm³/mol. The number of ether oxygens (including phenoxy) is 3. The lowest BCUT2D eigenvalue weighted by atomic mass is 9.87. The first-order valence-electron chi connectivity index (χ1n) is 11.2. The molecule has 0 aromatic heterocycles. The maximum atomic E-state index is 12.9. The first-order chi connectivity index (χ1) is 18.2. The van der Waals surface area contributed by atoms with Gasteiger partial charge < -0.3 is 14.2 Å². The van der Waals surface area contributed by atoms with Crippen LogP contribution in [0.1, 0.15) is 46.4 Å². The monoisotopic (exact) mass is 899 g/mol. The Labute approximate surface area is 263 Å². The van der Waals surface area contributed by atoms with Crippen LogP contribution >= 0.6 is 67.8 Å². The van der Waals surface area contributed by atoms with Crippen molar-refractivity contribution in [2.45, 2.75) is 31.8 Å². The van der Waals surface area contributed by atoms with E-state index in [0.29, 0.717) is 29.3 Å². The number of rotatable bonds is 9. The highest BCUT2D eigenvalue weighted by atomic mass is 127. The molecule has 0 radical (unpaired) electrons. The van der Waals surface area contributed by atoms with Crippen molar-refractivity contribution in [3.8, 4) is 5.75 Å². The smallest absolute Gasteiger partial charge is 0.344 e. The predicted octanol–water partition coefficient (Wildman–Crippen LogP) is 4.77. The Hall–Kier alpha value is -1.65. The van der Waals surface area contributed by atoms with Crippen LogP contribution in [-0.4, -0.2) is 54.3 Å². The summed E-state index contributed by atoms with van der Waals surface area (Å²) in [5.41, 5.74) is -0.326. The molecule has 0 amide bonds.